The third kappa shape index (κ3) is 3.27. The highest BCUT2D eigenvalue weighted by Crippen LogP contribution is 2.38. The lowest BCUT2D eigenvalue weighted by atomic mass is 10.2. The molecule has 1 fully saturated rings. The molecule has 19 heavy (non-hydrogen) atoms. The zero-order chi connectivity index (χ0) is 14.2. The molecule has 5 nitrogen and oxygen atoms in total. The van der Waals surface area contributed by atoms with Crippen molar-refractivity contribution in [3.63, 3.8) is 0 Å². The van der Waals surface area contributed by atoms with Crippen LogP contribution >= 0.6 is 31.9 Å². The molecule has 0 N–H and O–H groups in total. The van der Waals surface area contributed by atoms with E-state index in [1.165, 1.54) is 12.1 Å². The predicted octanol–water partition coefficient (Wildman–Crippen LogP) is 3.73. The molecule has 1 aromatic rings. The van der Waals surface area contributed by atoms with Gasteiger partial charge in [-0.1, -0.05) is 0 Å². The van der Waals surface area contributed by atoms with Gasteiger partial charge in [-0.15, -0.1) is 0 Å². The lowest BCUT2D eigenvalue weighted by molar-refractivity contribution is -0.385. The third-order valence-electron chi connectivity index (χ3n) is 2.95. The van der Waals surface area contributed by atoms with Crippen molar-refractivity contribution in [1.82, 2.24) is 0 Å². The number of benzene rings is 1. The van der Waals surface area contributed by atoms with Gasteiger partial charge in [0.1, 0.15) is 0 Å². The molecular formula is C12H14Br2N2O3. The molecule has 104 valence electrons. The Morgan fingerprint density at radius 3 is 2.16 bits per heavy atom. The number of hydrogen-bond donors (Lipinski definition) is 0. The Balaban J connectivity index is 2.37. The Morgan fingerprint density at radius 2 is 1.74 bits per heavy atom. The van der Waals surface area contributed by atoms with Crippen LogP contribution in [0.25, 0.3) is 0 Å². The van der Waals surface area contributed by atoms with E-state index in [1.807, 2.05) is 13.8 Å². The number of rotatable bonds is 2. The van der Waals surface area contributed by atoms with E-state index in [9.17, 15) is 10.1 Å². The largest absolute Gasteiger partial charge is 0.372 e. The molecule has 0 radical (unpaired) electrons. The summed E-state index contributed by atoms with van der Waals surface area (Å²) in [5.41, 5.74) is 1.00. The fourth-order valence-electron chi connectivity index (χ4n) is 2.32. The zero-order valence-electron chi connectivity index (χ0n) is 10.6. The SMILES string of the molecule is CC1CN(c2c(Br)cc([N+](=O)[O-])cc2Br)CC(C)O1. The lowest BCUT2D eigenvalue weighted by Gasteiger charge is -2.37. The second-order valence-electron chi connectivity index (χ2n) is 4.68. The molecule has 2 atom stereocenters. The summed E-state index contributed by atoms with van der Waals surface area (Å²) in [6, 6.07) is 3.07. The van der Waals surface area contributed by atoms with Crippen molar-refractivity contribution in [2.24, 2.45) is 0 Å². The number of morpholine rings is 1. The monoisotopic (exact) mass is 392 g/mol. The summed E-state index contributed by atoms with van der Waals surface area (Å²) in [4.78, 5) is 12.6. The maximum Gasteiger partial charge on any atom is 0.271 e. The van der Waals surface area contributed by atoms with Gasteiger partial charge < -0.3 is 9.64 Å². The first-order chi connectivity index (χ1) is 8.88. The van der Waals surface area contributed by atoms with Crippen LogP contribution in [0, 0.1) is 10.1 Å². The van der Waals surface area contributed by atoms with Crippen LogP contribution in [0.4, 0.5) is 11.4 Å². The summed E-state index contributed by atoms with van der Waals surface area (Å²) in [5.74, 6) is 0. The molecule has 7 heteroatoms. The van der Waals surface area contributed by atoms with Crippen LogP contribution in [0.3, 0.4) is 0 Å². The number of halogens is 2. The van der Waals surface area contributed by atoms with Crippen molar-refractivity contribution in [1.29, 1.82) is 0 Å². The van der Waals surface area contributed by atoms with Gasteiger partial charge in [-0.05, 0) is 45.7 Å². The Bertz CT molecular complexity index is 477. The fourth-order valence-corrected chi connectivity index (χ4v) is 3.98. The van der Waals surface area contributed by atoms with E-state index in [-0.39, 0.29) is 17.9 Å². The second-order valence-corrected chi connectivity index (χ2v) is 6.39. The van der Waals surface area contributed by atoms with Gasteiger partial charge in [-0.2, -0.15) is 0 Å². The first-order valence-electron chi connectivity index (χ1n) is 5.92. The van der Waals surface area contributed by atoms with Gasteiger partial charge in [-0.25, -0.2) is 0 Å². The third-order valence-corrected chi connectivity index (χ3v) is 4.16. The second kappa shape index (κ2) is 5.76. The van der Waals surface area contributed by atoms with Crippen molar-refractivity contribution in [3.05, 3.63) is 31.2 Å². The molecule has 1 saturated heterocycles. The Hall–Kier alpha value is -0.660. The van der Waals surface area contributed by atoms with Crippen molar-refractivity contribution in [2.45, 2.75) is 26.1 Å². The summed E-state index contributed by atoms with van der Waals surface area (Å²) < 4.78 is 7.13. The lowest BCUT2D eigenvalue weighted by Crippen LogP contribution is -2.45. The quantitative estimate of drug-likeness (QED) is 0.567. The highest BCUT2D eigenvalue weighted by atomic mass is 79.9. The van der Waals surface area contributed by atoms with Gasteiger partial charge in [0.15, 0.2) is 0 Å². The van der Waals surface area contributed by atoms with E-state index < -0.39 is 4.92 Å². The average molecular weight is 394 g/mol. The summed E-state index contributed by atoms with van der Waals surface area (Å²) in [6.07, 6.45) is 0.274. The van der Waals surface area contributed by atoms with Crippen molar-refractivity contribution in [3.8, 4) is 0 Å². The smallest absolute Gasteiger partial charge is 0.271 e. The highest BCUT2D eigenvalue weighted by Gasteiger charge is 2.26. The van der Waals surface area contributed by atoms with Crippen molar-refractivity contribution >= 4 is 43.2 Å². The Morgan fingerprint density at radius 1 is 1.26 bits per heavy atom. The first kappa shape index (κ1) is 14.7. The first-order valence-corrected chi connectivity index (χ1v) is 7.51. The topological polar surface area (TPSA) is 55.6 Å². The molecule has 1 heterocycles. The van der Waals surface area contributed by atoms with Crippen LogP contribution < -0.4 is 4.90 Å². The summed E-state index contributed by atoms with van der Waals surface area (Å²) in [5, 5.41) is 10.8. The maximum atomic E-state index is 10.8. The van der Waals surface area contributed by atoms with Gasteiger partial charge in [0.2, 0.25) is 0 Å². The molecule has 0 aromatic heterocycles. The van der Waals surface area contributed by atoms with E-state index >= 15 is 0 Å². The summed E-state index contributed by atoms with van der Waals surface area (Å²) >= 11 is 6.85. The molecule has 0 saturated carbocycles. The standard InChI is InChI=1S/C12H14Br2N2O3/c1-7-5-15(6-8(2)19-7)12-10(13)3-9(16(17)18)4-11(12)14/h3-4,7-8H,5-6H2,1-2H3. The minimum Gasteiger partial charge on any atom is -0.372 e. The molecule has 0 aliphatic carbocycles. The average Bonchev–Trinajstić information content (AvgIpc) is 2.26. The molecule has 1 aliphatic rings. The van der Waals surface area contributed by atoms with Crippen LogP contribution in [0.2, 0.25) is 0 Å². The Labute approximate surface area is 128 Å². The molecule has 1 aliphatic heterocycles. The molecule has 0 spiro atoms. The Kier molecular flexibility index (Phi) is 4.47. The maximum absolute atomic E-state index is 10.8. The predicted molar refractivity (Wildman–Crippen MR) is 80.7 cm³/mol. The van der Waals surface area contributed by atoms with Crippen LogP contribution in [-0.4, -0.2) is 30.2 Å². The van der Waals surface area contributed by atoms with Gasteiger partial charge in [0.05, 0.1) is 22.8 Å². The summed E-state index contributed by atoms with van der Waals surface area (Å²) in [7, 11) is 0. The van der Waals surface area contributed by atoms with Gasteiger partial charge in [-0.3, -0.25) is 10.1 Å². The van der Waals surface area contributed by atoms with E-state index in [2.05, 4.69) is 36.8 Å². The van der Waals surface area contributed by atoms with Crippen molar-refractivity contribution in [2.75, 3.05) is 18.0 Å². The number of nitro benzene ring substituents is 1. The fraction of sp³-hybridized carbons (Fsp3) is 0.500. The summed E-state index contributed by atoms with van der Waals surface area (Å²) in [6.45, 7) is 5.57. The molecule has 2 rings (SSSR count). The van der Waals surface area contributed by atoms with Crippen molar-refractivity contribution < 1.29 is 9.66 Å². The number of non-ortho nitro benzene ring substituents is 1. The van der Waals surface area contributed by atoms with Crippen LogP contribution in [0.5, 0.6) is 0 Å². The van der Waals surface area contributed by atoms with Crippen LogP contribution in [0.1, 0.15) is 13.8 Å². The molecule has 2 unspecified atom stereocenters. The van der Waals surface area contributed by atoms with Gasteiger partial charge in [0, 0.05) is 34.2 Å². The van der Waals surface area contributed by atoms with Gasteiger partial charge in [0.25, 0.3) is 5.69 Å². The molecule has 0 bridgehead atoms. The number of ether oxygens (including phenoxy) is 1. The zero-order valence-corrected chi connectivity index (χ0v) is 13.8. The van der Waals surface area contributed by atoms with E-state index in [1.54, 1.807) is 0 Å². The molecular weight excluding hydrogens is 380 g/mol. The van der Waals surface area contributed by atoms with E-state index in [0.717, 1.165) is 27.7 Å². The molecule has 0 amide bonds. The molecule has 1 aromatic carbocycles. The number of hydrogen-bond acceptors (Lipinski definition) is 4. The van der Waals surface area contributed by atoms with Gasteiger partial charge >= 0.3 is 0 Å². The highest BCUT2D eigenvalue weighted by molar-refractivity contribution is 9.11. The minimum absolute atomic E-state index is 0.0665. The number of nitro groups is 1. The van der Waals surface area contributed by atoms with Crippen LogP contribution in [0.15, 0.2) is 21.1 Å². The van der Waals surface area contributed by atoms with Crippen LogP contribution in [-0.2, 0) is 4.74 Å². The van der Waals surface area contributed by atoms with E-state index in [4.69, 9.17) is 4.74 Å². The minimum atomic E-state index is -0.399. The normalized spacial score (nSPS) is 23.5. The number of nitrogens with zero attached hydrogens (tertiary/aromatic N) is 2. The van der Waals surface area contributed by atoms with E-state index in [0.29, 0.717) is 0 Å². The number of anilines is 1.